The molecule has 32 heavy (non-hydrogen) atoms. The third-order valence-corrected chi connectivity index (χ3v) is 5.88. The summed E-state index contributed by atoms with van der Waals surface area (Å²) in [4.78, 5) is 35.1. The largest absolute Gasteiger partial charge is 0.507 e. The first-order valence-electron chi connectivity index (χ1n) is 10.0. The number of aliphatic hydroxyl groups is 1. The number of H-pyrrole nitrogens is 1. The zero-order chi connectivity index (χ0) is 22.2. The number of halogens is 1. The van der Waals surface area contributed by atoms with Gasteiger partial charge in [0.15, 0.2) is 0 Å². The van der Waals surface area contributed by atoms with Gasteiger partial charge in [-0.15, -0.1) is 0 Å². The predicted molar refractivity (Wildman–Crippen MR) is 122 cm³/mol. The number of hydrogen-bond donors (Lipinski definition) is 2. The van der Waals surface area contributed by atoms with Crippen molar-refractivity contribution in [2.75, 3.05) is 0 Å². The lowest BCUT2D eigenvalue weighted by Crippen LogP contribution is -2.29. The third kappa shape index (κ3) is 3.35. The monoisotopic (exact) mass is 443 g/mol. The van der Waals surface area contributed by atoms with E-state index in [2.05, 4.69) is 9.97 Å². The molecule has 0 radical (unpaired) electrons. The number of para-hydroxylation sites is 1. The number of likely N-dealkylation sites (tertiary alicyclic amines) is 1. The van der Waals surface area contributed by atoms with Crippen LogP contribution in [0.15, 0.2) is 84.7 Å². The Morgan fingerprint density at radius 2 is 1.78 bits per heavy atom. The van der Waals surface area contributed by atoms with Crippen molar-refractivity contribution in [2.24, 2.45) is 0 Å². The van der Waals surface area contributed by atoms with Crippen LogP contribution in [0.5, 0.6) is 0 Å². The van der Waals surface area contributed by atoms with E-state index in [0.717, 1.165) is 10.9 Å². The van der Waals surface area contributed by atoms with Crippen LogP contribution in [0, 0.1) is 0 Å². The summed E-state index contributed by atoms with van der Waals surface area (Å²) in [5, 5.41) is 12.6. The summed E-state index contributed by atoms with van der Waals surface area (Å²) < 4.78 is 0. The Morgan fingerprint density at radius 1 is 1.03 bits per heavy atom. The SMILES string of the molecule is O=C1C(=O)N(Cc2ccccn2)C(c2ccc(Cl)cc2)/C1=C(/O)c1c[nH]c2ccccc12. The lowest BCUT2D eigenvalue weighted by molar-refractivity contribution is -0.140. The molecule has 1 aliphatic heterocycles. The maximum absolute atomic E-state index is 13.2. The van der Waals surface area contributed by atoms with Gasteiger partial charge in [0.1, 0.15) is 5.76 Å². The zero-order valence-corrected chi connectivity index (χ0v) is 17.6. The number of carbonyl (C=O) groups excluding carboxylic acids is 2. The van der Waals surface area contributed by atoms with Crippen molar-refractivity contribution < 1.29 is 14.7 Å². The minimum Gasteiger partial charge on any atom is -0.507 e. The first-order valence-corrected chi connectivity index (χ1v) is 10.4. The molecule has 0 spiro atoms. The van der Waals surface area contributed by atoms with Gasteiger partial charge in [0.2, 0.25) is 0 Å². The number of benzene rings is 2. The summed E-state index contributed by atoms with van der Waals surface area (Å²) in [5.41, 5.74) is 2.64. The number of aromatic amines is 1. The molecule has 1 atom stereocenters. The second-order valence-corrected chi connectivity index (χ2v) is 7.98. The van der Waals surface area contributed by atoms with E-state index in [0.29, 0.717) is 21.8 Å². The molecular formula is C25H18ClN3O3. The molecule has 2 aromatic carbocycles. The molecule has 0 saturated carbocycles. The van der Waals surface area contributed by atoms with Crippen LogP contribution in [-0.2, 0) is 16.1 Å². The molecule has 5 rings (SSSR count). The highest BCUT2D eigenvalue weighted by molar-refractivity contribution is 6.46. The quantitative estimate of drug-likeness (QED) is 0.268. The number of carbonyl (C=O) groups is 2. The molecule has 2 aromatic heterocycles. The van der Waals surface area contributed by atoms with Crippen molar-refractivity contribution in [1.82, 2.24) is 14.9 Å². The fourth-order valence-electron chi connectivity index (χ4n) is 4.11. The molecule has 3 heterocycles. The van der Waals surface area contributed by atoms with Gasteiger partial charge in [0.05, 0.1) is 23.9 Å². The van der Waals surface area contributed by atoms with Gasteiger partial charge in [-0.3, -0.25) is 14.6 Å². The van der Waals surface area contributed by atoms with Crippen LogP contribution in [0.3, 0.4) is 0 Å². The molecule has 1 saturated heterocycles. The number of pyridine rings is 1. The molecule has 1 aliphatic rings. The van der Waals surface area contributed by atoms with Crippen LogP contribution in [0.4, 0.5) is 0 Å². The van der Waals surface area contributed by atoms with Gasteiger partial charge in [-0.05, 0) is 35.9 Å². The van der Waals surface area contributed by atoms with Crippen LogP contribution >= 0.6 is 11.6 Å². The number of Topliss-reactive ketones (excluding diaryl/α,β-unsaturated/α-hetero) is 1. The molecule has 0 aliphatic carbocycles. The standard InChI is InChI=1S/C25H18ClN3O3/c26-16-10-8-15(9-11-16)22-21(23(30)19-13-28-20-7-2-1-6-18(19)20)24(31)25(32)29(22)14-17-5-3-4-12-27-17/h1-13,22,28,30H,14H2/b23-21-. The number of rotatable bonds is 4. The van der Waals surface area contributed by atoms with E-state index in [4.69, 9.17) is 11.6 Å². The summed E-state index contributed by atoms with van der Waals surface area (Å²) >= 11 is 6.06. The molecule has 1 amide bonds. The molecular weight excluding hydrogens is 426 g/mol. The van der Waals surface area contributed by atoms with E-state index >= 15 is 0 Å². The lowest BCUT2D eigenvalue weighted by atomic mass is 9.95. The minimum absolute atomic E-state index is 0.0398. The van der Waals surface area contributed by atoms with Crippen molar-refractivity contribution in [3.05, 3.63) is 107 Å². The highest BCUT2D eigenvalue weighted by atomic mass is 35.5. The summed E-state index contributed by atoms with van der Waals surface area (Å²) in [6.45, 7) is 0.128. The Kier molecular flexibility index (Phi) is 4.99. The molecule has 2 N–H and O–H groups in total. The predicted octanol–water partition coefficient (Wildman–Crippen LogP) is 4.84. The minimum atomic E-state index is -0.775. The summed E-state index contributed by atoms with van der Waals surface area (Å²) in [6.07, 6.45) is 3.28. The lowest BCUT2D eigenvalue weighted by Gasteiger charge is -2.25. The third-order valence-electron chi connectivity index (χ3n) is 5.63. The number of fused-ring (bicyclic) bond motifs is 1. The summed E-state index contributed by atoms with van der Waals surface area (Å²) in [6, 6.07) is 19.0. The average molecular weight is 444 g/mol. The number of amides is 1. The fourth-order valence-corrected chi connectivity index (χ4v) is 4.24. The number of ketones is 1. The van der Waals surface area contributed by atoms with Gasteiger partial charge < -0.3 is 15.0 Å². The van der Waals surface area contributed by atoms with E-state index in [1.807, 2.05) is 30.3 Å². The number of hydrogen-bond acceptors (Lipinski definition) is 4. The van der Waals surface area contributed by atoms with Crippen molar-refractivity contribution in [1.29, 1.82) is 0 Å². The summed E-state index contributed by atoms with van der Waals surface area (Å²) in [5.74, 6) is -1.63. The molecule has 6 nitrogen and oxygen atoms in total. The normalized spacial score (nSPS) is 17.9. The van der Waals surface area contributed by atoms with Gasteiger partial charge in [-0.1, -0.05) is 48.0 Å². The molecule has 1 unspecified atom stereocenters. The van der Waals surface area contributed by atoms with Gasteiger partial charge in [-0.2, -0.15) is 0 Å². The Hall–Kier alpha value is -3.90. The first-order chi connectivity index (χ1) is 15.5. The van der Waals surface area contributed by atoms with Crippen LogP contribution in [0.25, 0.3) is 16.7 Å². The topological polar surface area (TPSA) is 86.3 Å². The van der Waals surface area contributed by atoms with Crippen LogP contribution in [0.1, 0.15) is 22.9 Å². The van der Waals surface area contributed by atoms with Gasteiger partial charge in [0, 0.05) is 33.9 Å². The number of aromatic nitrogens is 2. The fraction of sp³-hybridized carbons (Fsp3) is 0.0800. The van der Waals surface area contributed by atoms with Gasteiger partial charge >= 0.3 is 0 Å². The second-order valence-electron chi connectivity index (χ2n) is 7.55. The number of nitrogens with zero attached hydrogens (tertiary/aromatic N) is 2. The molecule has 4 aromatic rings. The maximum atomic E-state index is 13.2. The summed E-state index contributed by atoms with van der Waals surface area (Å²) in [7, 11) is 0. The second kappa shape index (κ2) is 7.98. The Labute approximate surface area is 188 Å². The first kappa shape index (κ1) is 20.0. The molecule has 1 fully saturated rings. The van der Waals surface area contributed by atoms with Crippen LogP contribution < -0.4 is 0 Å². The number of aliphatic hydroxyl groups excluding tert-OH is 1. The molecule has 158 valence electrons. The van der Waals surface area contributed by atoms with E-state index in [1.165, 1.54) is 4.90 Å². The van der Waals surface area contributed by atoms with E-state index in [1.54, 1.807) is 48.8 Å². The molecule has 0 bridgehead atoms. The van der Waals surface area contributed by atoms with Crippen molar-refractivity contribution >= 4 is 40.0 Å². The van der Waals surface area contributed by atoms with Crippen LogP contribution in [0.2, 0.25) is 5.02 Å². The van der Waals surface area contributed by atoms with E-state index in [9.17, 15) is 14.7 Å². The molecule has 7 heteroatoms. The van der Waals surface area contributed by atoms with Crippen molar-refractivity contribution in [3.63, 3.8) is 0 Å². The highest BCUT2D eigenvalue weighted by Crippen LogP contribution is 2.41. The van der Waals surface area contributed by atoms with Crippen molar-refractivity contribution in [3.8, 4) is 0 Å². The van der Waals surface area contributed by atoms with Gasteiger partial charge in [-0.25, -0.2) is 0 Å². The van der Waals surface area contributed by atoms with E-state index in [-0.39, 0.29) is 17.9 Å². The maximum Gasteiger partial charge on any atom is 0.296 e. The van der Waals surface area contributed by atoms with Crippen LogP contribution in [-0.4, -0.2) is 31.7 Å². The number of nitrogens with one attached hydrogen (secondary N) is 1. The smallest absolute Gasteiger partial charge is 0.296 e. The highest BCUT2D eigenvalue weighted by Gasteiger charge is 2.46. The Morgan fingerprint density at radius 3 is 2.53 bits per heavy atom. The van der Waals surface area contributed by atoms with E-state index < -0.39 is 17.7 Å². The Bertz CT molecular complexity index is 1360. The van der Waals surface area contributed by atoms with Gasteiger partial charge in [0.25, 0.3) is 11.7 Å². The average Bonchev–Trinajstić information content (AvgIpc) is 3.35. The zero-order valence-electron chi connectivity index (χ0n) is 16.8. The van der Waals surface area contributed by atoms with Crippen molar-refractivity contribution in [2.45, 2.75) is 12.6 Å². The Balaban J connectivity index is 1.69.